The smallest absolute Gasteiger partial charge is 0.277 e. The Morgan fingerprint density at radius 1 is 1.08 bits per heavy atom. The maximum atomic E-state index is 12.3. The first kappa shape index (κ1) is 17.4. The molecule has 0 aliphatic rings. The minimum Gasteiger partial charge on any atom is -0.410 e. The largest absolute Gasteiger partial charge is 0.410 e. The molecule has 3 aromatic rings. The van der Waals surface area contributed by atoms with Gasteiger partial charge in [0, 0.05) is 11.8 Å². The average Bonchev–Trinajstić information content (AvgIpc) is 3.09. The molecule has 0 radical (unpaired) electrons. The standard InChI is InChI=1S/C19H19N3O2S/c1-19(2,3)14-9-7-13(8-10-14)16(23)12-25-18-22-21-17(24-18)15-6-4-5-11-20-15/h4-11H,12H2,1-3H3. The van der Waals surface area contributed by atoms with Gasteiger partial charge in [0.2, 0.25) is 0 Å². The molecule has 0 N–H and O–H groups in total. The minimum atomic E-state index is 0.0306. The number of rotatable bonds is 5. The van der Waals surface area contributed by atoms with Crippen LogP contribution in [-0.2, 0) is 5.41 Å². The van der Waals surface area contributed by atoms with Crippen molar-refractivity contribution < 1.29 is 9.21 Å². The average molecular weight is 353 g/mol. The summed E-state index contributed by atoms with van der Waals surface area (Å²) < 4.78 is 5.55. The van der Waals surface area contributed by atoms with Crippen molar-refractivity contribution in [3.8, 4) is 11.6 Å². The first-order chi connectivity index (χ1) is 11.9. The van der Waals surface area contributed by atoms with E-state index in [0.717, 1.165) is 0 Å². The molecule has 6 heteroatoms. The summed E-state index contributed by atoms with van der Waals surface area (Å²) in [5.41, 5.74) is 2.58. The summed E-state index contributed by atoms with van der Waals surface area (Å²) in [6, 6.07) is 13.2. The van der Waals surface area contributed by atoms with Crippen LogP contribution >= 0.6 is 11.8 Å². The topological polar surface area (TPSA) is 68.9 Å². The molecule has 0 fully saturated rings. The number of carbonyl (C=O) groups is 1. The molecule has 0 amide bonds. The summed E-state index contributed by atoms with van der Waals surface area (Å²) in [4.78, 5) is 16.5. The summed E-state index contributed by atoms with van der Waals surface area (Å²) >= 11 is 1.23. The number of benzene rings is 1. The molecule has 0 saturated carbocycles. The maximum Gasteiger partial charge on any atom is 0.277 e. The van der Waals surface area contributed by atoms with Gasteiger partial charge in [-0.15, -0.1) is 10.2 Å². The van der Waals surface area contributed by atoms with Crippen molar-refractivity contribution in [1.29, 1.82) is 0 Å². The van der Waals surface area contributed by atoms with Crippen molar-refractivity contribution in [2.75, 3.05) is 5.75 Å². The Morgan fingerprint density at radius 2 is 1.84 bits per heavy atom. The second-order valence-corrected chi connectivity index (χ2v) is 7.55. The number of nitrogens with zero attached hydrogens (tertiary/aromatic N) is 3. The van der Waals surface area contributed by atoms with Gasteiger partial charge in [0.25, 0.3) is 11.1 Å². The first-order valence-electron chi connectivity index (χ1n) is 7.95. The second kappa shape index (κ2) is 7.19. The molecular weight excluding hydrogens is 334 g/mol. The molecule has 2 heterocycles. The molecule has 25 heavy (non-hydrogen) atoms. The van der Waals surface area contributed by atoms with Crippen LogP contribution in [0.15, 0.2) is 58.3 Å². The van der Waals surface area contributed by atoms with Crippen LogP contribution in [0.4, 0.5) is 0 Å². The van der Waals surface area contributed by atoms with E-state index in [0.29, 0.717) is 22.4 Å². The van der Waals surface area contributed by atoms with Gasteiger partial charge in [-0.1, -0.05) is 62.9 Å². The highest BCUT2D eigenvalue weighted by atomic mass is 32.2. The molecule has 3 rings (SSSR count). The van der Waals surface area contributed by atoms with Crippen LogP contribution in [-0.4, -0.2) is 26.7 Å². The zero-order valence-corrected chi connectivity index (χ0v) is 15.2. The van der Waals surface area contributed by atoms with Crippen molar-refractivity contribution in [3.05, 3.63) is 59.8 Å². The zero-order valence-electron chi connectivity index (χ0n) is 14.4. The number of hydrogen-bond acceptors (Lipinski definition) is 6. The van der Waals surface area contributed by atoms with Crippen LogP contribution in [0.5, 0.6) is 0 Å². The number of ketones is 1. The van der Waals surface area contributed by atoms with Crippen molar-refractivity contribution in [3.63, 3.8) is 0 Å². The number of Topliss-reactive ketones (excluding diaryl/α,β-unsaturated/α-hetero) is 1. The van der Waals surface area contributed by atoms with Gasteiger partial charge in [-0.3, -0.25) is 9.78 Å². The van der Waals surface area contributed by atoms with E-state index in [-0.39, 0.29) is 17.0 Å². The maximum absolute atomic E-state index is 12.3. The van der Waals surface area contributed by atoms with E-state index < -0.39 is 0 Å². The van der Waals surface area contributed by atoms with E-state index in [2.05, 4.69) is 36.0 Å². The highest BCUT2D eigenvalue weighted by Gasteiger charge is 2.16. The van der Waals surface area contributed by atoms with Gasteiger partial charge in [0.05, 0.1) is 5.75 Å². The molecule has 0 bridgehead atoms. The molecule has 0 aliphatic heterocycles. The zero-order chi connectivity index (χ0) is 17.9. The number of hydrogen-bond donors (Lipinski definition) is 0. The van der Waals surface area contributed by atoms with E-state index in [1.165, 1.54) is 17.3 Å². The number of thioether (sulfide) groups is 1. The van der Waals surface area contributed by atoms with Gasteiger partial charge in [-0.2, -0.15) is 0 Å². The van der Waals surface area contributed by atoms with Crippen LogP contribution in [0.3, 0.4) is 0 Å². The minimum absolute atomic E-state index is 0.0306. The van der Waals surface area contributed by atoms with Crippen LogP contribution in [0.25, 0.3) is 11.6 Å². The summed E-state index contributed by atoms with van der Waals surface area (Å²) in [5.74, 6) is 0.631. The Kier molecular flexibility index (Phi) is 4.99. The quantitative estimate of drug-likeness (QED) is 0.500. The van der Waals surface area contributed by atoms with Crippen molar-refractivity contribution in [1.82, 2.24) is 15.2 Å². The highest BCUT2D eigenvalue weighted by Crippen LogP contribution is 2.24. The lowest BCUT2D eigenvalue weighted by molar-refractivity contribution is 0.102. The second-order valence-electron chi connectivity index (χ2n) is 6.63. The SMILES string of the molecule is CC(C)(C)c1ccc(C(=O)CSc2nnc(-c3ccccn3)o2)cc1. The molecule has 128 valence electrons. The molecule has 0 unspecified atom stereocenters. The first-order valence-corrected chi connectivity index (χ1v) is 8.93. The predicted molar refractivity (Wildman–Crippen MR) is 97.7 cm³/mol. The molecule has 0 saturated heterocycles. The molecule has 2 aromatic heterocycles. The van der Waals surface area contributed by atoms with Crippen LogP contribution in [0.2, 0.25) is 0 Å². The third-order valence-corrected chi connectivity index (χ3v) is 4.51. The Labute approximate surface area is 150 Å². The molecule has 0 aliphatic carbocycles. The summed E-state index contributed by atoms with van der Waals surface area (Å²) in [7, 11) is 0. The van der Waals surface area contributed by atoms with Crippen molar-refractivity contribution in [2.45, 2.75) is 31.4 Å². The van der Waals surface area contributed by atoms with Crippen LogP contribution in [0.1, 0.15) is 36.7 Å². The Morgan fingerprint density at radius 3 is 2.48 bits per heavy atom. The van der Waals surface area contributed by atoms with Gasteiger partial charge < -0.3 is 4.42 Å². The summed E-state index contributed by atoms with van der Waals surface area (Å²) in [6.45, 7) is 6.44. The van der Waals surface area contributed by atoms with E-state index in [1.54, 1.807) is 12.3 Å². The summed E-state index contributed by atoms with van der Waals surface area (Å²) in [6.07, 6.45) is 1.66. The fourth-order valence-electron chi connectivity index (χ4n) is 2.23. The van der Waals surface area contributed by atoms with Gasteiger partial charge >= 0.3 is 0 Å². The van der Waals surface area contributed by atoms with E-state index in [9.17, 15) is 4.79 Å². The fourth-order valence-corrected chi connectivity index (χ4v) is 2.89. The molecule has 0 atom stereocenters. The fraction of sp³-hybridized carbons (Fsp3) is 0.263. The molecule has 0 spiro atoms. The van der Waals surface area contributed by atoms with Gasteiger partial charge in [0.1, 0.15) is 5.69 Å². The van der Waals surface area contributed by atoms with Crippen molar-refractivity contribution >= 4 is 17.5 Å². The normalized spacial score (nSPS) is 11.5. The Balaban J connectivity index is 1.62. The number of pyridine rings is 1. The monoisotopic (exact) mass is 353 g/mol. The molecule has 5 nitrogen and oxygen atoms in total. The Bertz CT molecular complexity index is 852. The lowest BCUT2D eigenvalue weighted by atomic mass is 9.86. The van der Waals surface area contributed by atoms with Gasteiger partial charge in [0.15, 0.2) is 5.78 Å². The summed E-state index contributed by atoms with van der Waals surface area (Å²) in [5, 5.41) is 8.28. The van der Waals surface area contributed by atoms with Crippen LogP contribution < -0.4 is 0 Å². The predicted octanol–water partition coefficient (Wildman–Crippen LogP) is 4.40. The third-order valence-electron chi connectivity index (χ3n) is 3.69. The van der Waals surface area contributed by atoms with Crippen LogP contribution in [0, 0.1) is 0 Å². The van der Waals surface area contributed by atoms with Crippen molar-refractivity contribution in [2.24, 2.45) is 0 Å². The molecular formula is C19H19N3O2S. The lowest BCUT2D eigenvalue weighted by Crippen LogP contribution is -2.11. The highest BCUT2D eigenvalue weighted by molar-refractivity contribution is 7.99. The van der Waals surface area contributed by atoms with E-state index in [1.807, 2.05) is 36.4 Å². The van der Waals surface area contributed by atoms with Gasteiger partial charge in [-0.25, -0.2) is 0 Å². The number of carbonyl (C=O) groups excluding carboxylic acids is 1. The number of aromatic nitrogens is 3. The van der Waals surface area contributed by atoms with E-state index >= 15 is 0 Å². The third kappa shape index (κ3) is 4.33. The molecule has 1 aromatic carbocycles. The lowest BCUT2D eigenvalue weighted by Gasteiger charge is -2.18. The van der Waals surface area contributed by atoms with E-state index in [4.69, 9.17) is 4.42 Å². The van der Waals surface area contributed by atoms with Gasteiger partial charge in [-0.05, 0) is 23.1 Å². The Hall–Kier alpha value is -2.47.